The third-order valence-corrected chi connectivity index (χ3v) is 3.95. The van der Waals surface area contributed by atoms with Crippen molar-refractivity contribution in [2.75, 3.05) is 5.43 Å². The van der Waals surface area contributed by atoms with E-state index < -0.39 is 0 Å². The predicted octanol–water partition coefficient (Wildman–Crippen LogP) is 4.21. The molecule has 112 valence electrons. The maximum Gasteiger partial charge on any atom is 0.203 e. The second-order valence-electron chi connectivity index (χ2n) is 4.94. The Morgan fingerprint density at radius 3 is 2.76 bits per heavy atom. The minimum absolute atomic E-state index is 0.303. The van der Waals surface area contributed by atoms with Crippen LogP contribution in [0.3, 0.4) is 0 Å². The zero-order valence-electron chi connectivity index (χ0n) is 12.7. The Balaban J connectivity index is 1.84. The molecule has 0 aliphatic heterocycles. The largest absolute Gasteiger partial charge is 0.374 e. The van der Waals surface area contributed by atoms with E-state index >= 15 is 0 Å². The van der Waals surface area contributed by atoms with Gasteiger partial charge in [0.1, 0.15) is 0 Å². The monoisotopic (exact) mass is 303 g/mol. The number of thiazole rings is 1. The lowest BCUT2D eigenvalue weighted by atomic mass is 10.1. The van der Waals surface area contributed by atoms with Crippen LogP contribution in [-0.2, 0) is 11.3 Å². The minimum atomic E-state index is 0.303. The molecular weight excluding hydrogens is 282 g/mol. The molecule has 0 fully saturated rings. The molecule has 2 rings (SSSR count). The van der Waals surface area contributed by atoms with Crippen molar-refractivity contribution in [2.24, 2.45) is 5.10 Å². The molecule has 2 aromatic rings. The van der Waals surface area contributed by atoms with Crippen molar-refractivity contribution in [3.63, 3.8) is 0 Å². The van der Waals surface area contributed by atoms with E-state index in [9.17, 15) is 0 Å². The molecule has 0 saturated carbocycles. The van der Waals surface area contributed by atoms with Crippen molar-refractivity contribution in [3.05, 3.63) is 46.5 Å². The lowest BCUT2D eigenvalue weighted by Gasteiger charge is -2.10. The van der Waals surface area contributed by atoms with Gasteiger partial charge in [-0.05, 0) is 31.4 Å². The van der Waals surface area contributed by atoms with Crippen molar-refractivity contribution in [1.82, 2.24) is 4.98 Å². The quantitative estimate of drug-likeness (QED) is 0.615. The van der Waals surface area contributed by atoms with Gasteiger partial charge in [-0.2, -0.15) is 5.10 Å². The zero-order valence-corrected chi connectivity index (χ0v) is 13.5. The number of hydrogen-bond acceptors (Lipinski definition) is 5. The summed E-state index contributed by atoms with van der Waals surface area (Å²) >= 11 is 1.55. The molecule has 1 atom stereocenters. The standard InChI is InChI=1S/C16H21N3OS/c1-4-13(3)20-10-15-7-5-14(6-8-15)9-17-19-16-18-12(2)11-21-16/h5-9,11,13H,4,10H2,1-3H3,(H,18,19). The summed E-state index contributed by atoms with van der Waals surface area (Å²) in [5.74, 6) is 0. The highest BCUT2D eigenvalue weighted by atomic mass is 32.1. The summed E-state index contributed by atoms with van der Waals surface area (Å²) in [7, 11) is 0. The Labute approximate surface area is 129 Å². The number of nitrogens with one attached hydrogen (secondary N) is 1. The number of hydrogen-bond donors (Lipinski definition) is 1. The van der Waals surface area contributed by atoms with Crippen molar-refractivity contribution < 1.29 is 4.74 Å². The summed E-state index contributed by atoms with van der Waals surface area (Å²) in [5.41, 5.74) is 6.15. The fourth-order valence-corrected chi connectivity index (χ4v) is 2.26. The second-order valence-corrected chi connectivity index (χ2v) is 5.79. The lowest BCUT2D eigenvalue weighted by Crippen LogP contribution is -2.05. The maximum atomic E-state index is 5.71. The number of ether oxygens (including phenoxy) is 1. The number of nitrogens with zero attached hydrogens (tertiary/aromatic N) is 2. The molecular formula is C16H21N3OS. The molecule has 4 nitrogen and oxygen atoms in total. The molecule has 1 N–H and O–H groups in total. The van der Waals surface area contributed by atoms with E-state index in [1.807, 2.05) is 24.4 Å². The lowest BCUT2D eigenvalue weighted by molar-refractivity contribution is 0.0508. The van der Waals surface area contributed by atoms with E-state index in [2.05, 4.69) is 41.5 Å². The van der Waals surface area contributed by atoms with Crippen LogP contribution in [-0.4, -0.2) is 17.3 Å². The molecule has 1 heterocycles. The first-order valence-electron chi connectivity index (χ1n) is 7.09. The summed E-state index contributed by atoms with van der Waals surface area (Å²) < 4.78 is 5.71. The molecule has 1 aromatic heterocycles. The van der Waals surface area contributed by atoms with Gasteiger partial charge in [-0.1, -0.05) is 31.2 Å². The van der Waals surface area contributed by atoms with Gasteiger partial charge in [0.05, 0.1) is 24.6 Å². The Morgan fingerprint density at radius 2 is 2.14 bits per heavy atom. The van der Waals surface area contributed by atoms with Gasteiger partial charge in [-0.15, -0.1) is 11.3 Å². The van der Waals surface area contributed by atoms with Crippen LogP contribution >= 0.6 is 11.3 Å². The van der Waals surface area contributed by atoms with Crippen molar-refractivity contribution in [1.29, 1.82) is 0 Å². The molecule has 0 radical (unpaired) electrons. The van der Waals surface area contributed by atoms with Crippen molar-refractivity contribution in [3.8, 4) is 0 Å². The number of benzene rings is 1. The van der Waals surface area contributed by atoms with Gasteiger partial charge < -0.3 is 4.74 Å². The SMILES string of the molecule is CCC(C)OCc1ccc(C=NNc2nc(C)cs2)cc1. The van der Waals surface area contributed by atoms with E-state index in [0.29, 0.717) is 12.7 Å². The third kappa shape index (κ3) is 5.28. The minimum Gasteiger partial charge on any atom is -0.374 e. The second kappa shape index (κ2) is 7.90. The highest BCUT2D eigenvalue weighted by Gasteiger charge is 1.99. The Bertz CT molecular complexity index is 577. The summed E-state index contributed by atoms with van der Waals surface area (Å²) in [5, 5.41) is 6.98. The van der Waals surface area contributed by atoms with Gasteiger partial charge in [0, 0.05) is 5.38 Å². The van der Waals surface area contributed by atoms with E-state index in [1.165, 1.54) is 5.56 Å². The molecule has 5 heteroatoms. The molecule has 0 aliphatic carbocycles. The number of anilines is 1. The molecule has 0 spiro atoms. The first-order chi connectivity index (χ1) is 10.2. The number of hydrazone groups is 1. The molecule has 1 aromatic carbocycles. The smallest absolute Gasteiger partial charge is 0.203 e. The summed E-state index contributed by atoms with van der Waals surface area (Å²) in [6, 6.07) is 8.20. The van der Waals surface area contributed by atoms with Crippen LogP contribution in [0.4, 0.5) is 5.13 Å². The normalized spacial score (nSPS) is 12.7. The summed E-state index contributed by atoms with van der Waals surface area (Å²) in [6.45, 7) is 6.84. The van der Waals surface area contributed by atoms with Crippen LogP contribution in [0.2, 0.25) is 0 Å². The first-order valence-corrected chi connectivity index (χ1v) is 7.97. The van der Waals surface area contributed by atoms with Crippen LogP contribution in [0.5, 0.6) is 0 Å². The van der Waals surface area contributed by atoms with Crippen LogP contribution in [0.1, 0.15) is 37.1 Å². The van der Waals surface area contributed by atoms with Crippen molar-refractivity contribution in [2.45, 2.75) is 39.9 Å². The summed E-state index contributed by atoms with van der Waals surface area (Å²) in [6.07, 6.45) is 3.13. The zero-order chi connectivity index (χ0) is 15.1. The van der Waals surface area contributed by atoms with Crippen LogP contribution in [0.25, 0.3) is 0 Å². The van der Waals surface area contributed by atoms with E-state index in [-0.39, 0.29) is 0 Å². The third-order valence-electron chi connectivity index (χ3n) is 3.08. The molecule has 0 saturated heterocycles. The molecule has 0 aliphatic rings. The predicted molar refractivity (Wildman–Crippen MR) is 89.1 cm³/mol. The highest BCUT2D eigenvalue weighted by molar-refractivity contribution is 7.13. The first kappa shape index (κ1) is 15.7. The van der Waals surface area contributed by atoms with Gasteiger partial charge in [0.2, 0.25) is 5.13 Å². The summed E-state index contributed by atoms with van der Waals surface area (Å²) in [4.78, 5) is 4.28. The Hall–Kier alpha value is -1.72. The molecule has 1 unspecified atom stereocenters. The average Bonchev–Trinajstić information content (AvgIpc) is 2.91. The van der Waals surface area contributed by atoms with Gasteiger partial charge in [-0.3, -0.25) is 5.43 Å². The molecule has 21 heavy (non-hydrogen) atoms. The van der Waals surface area contributed by atoms with E-state index in [1.54, 1.807) is 17.6 Å². The van der Waals surface area contributed by atoms with Crippen molar-refractivity contribution >= 4 is 22.7 Å². The van der Waals surface area contributed by atoms with Gasteiger partial charge >= 0.3 is 0 Å². The molecule has 0 amide bonds. The topological polar surface area (TPSA) is 46.5 Å². The van der Waals surface area contributed by atoms with Crippen LogP contribution in [0.15, 0.2) is 34.7 Å². The van der Waals surface area contributed by atoms with Gasteiger partial charge in [0.15, 0.2) is 0 Å². The van der Waals surface area contributed by atoms with Crippen LogP contribution in [0, 0.1) is 6.92 Å². The Morgan fingerprint density at radius 1 is 1.38 bits per heavy atom. The van der Waals surface area contributed by atoms with E-state index in [4.69, 9.17) is 4.74 Å². The highest BCUT2D eigenvalue weighted by Crippen LogP contribution is 2.14. The average molecular weight is 303 g/mol. The maximum absolute atomic E-state index is 5.71. The number of rotatable bonds is 7. The number of aromatic nitrogens is 1. The Kier molecular flexibility index (Phi) is 5.90. The fraction of sp³-hybridized carbons (Fsp3) is 0.375. The van der Waals surface area contributed by atoms with Gasteiger partial charge in [-0.25, -0.2) is 4.98 Å². The molecule has 0 bridgehead atoms. The number of aryl methyl sites for hydroxylation is 1. The van der Waals surface area contributed by atoms with Crippen LogP contribution < -0.4 is 5.43 Å². The van der Waals surface area contributed by atoms with Gasteiger partial charge in [0.25, 0.3) is 0 Å². The fourth-order valence-electron chi connectivity index (χ4n) is 1.62. The van der Waals surface area contributed by atoms with E-state index in [0.717, 1.165) is 22.8 Å².